The molecular weight excluding hydrogens is 370 g/mol. The maximum absolute atomic E-state index is 12.2. The lowest BCUT2D eigenvalue weighted by molar-refractivity contribution is -0.115. The van der Waals surface area contributed by atoms with Gasteiger partial charge in [0.1, 0.15) is 5.75 Å². The smallest absolute Gasteiger partial charge is 0.230 e. The monoisotopic (exact) mass is 387 g/mol. The first-order valence-electron chi connectivity index (χ1n) is 8.12. The molecule has 134 valence electrons. The van der Waals surface area contributed by atoms with Gasteiger partial charge >= 0.3 is 0 Å². The fourth-order valence-corrected chi connectivity index (χ4v) is 3.23. The summed E-state index contributed by atoms with van der Waals surface area (Å²) < 4.78 is 5.38. The van der Waals surface area contributed by atoms with Gasteiger partial charge in [0.2, 0.25) is 5.91 Å². The van der Waals surface area contributed by atoms with Crippen LogP contribution in [0.2, 0.25) is 5.02 Å². The summed E-state index contributed by atoms with van der Waals surface area (Å²) in [5.41, 5.74) is 2.30. The van der Waals surface area contributed by atoms with Crippen molar-refractivity contribution in [2.45, 2.75) is 13.3 Å². The molecule has 1 aromatic heterocycles. The molecule has 0 fully saturated rings. The van der Waals surface area contributed by atoms with Crippen molar-refractivity contribution < 1.29 is 9.53 Å². The van der Waals surface area contributed by atoms with Gasteiger partial charge < -0.3 is 15.4 Å². The number of nitrogens with one attached hydrogen (secondary N) is 2. The molecule has 0 aliphatic carbocycles. The summed E-state index contributed by atoms with van der Waals surface area (Å²) >= 11 is 7.42. The zero-order chi connectivity index (χ0) is 18.4. The fourth-order valence-electron chi connectivity index (χ4n) is 2.31. The molecule has 2 N–H and O–H groups in total. The van der Waals surface area contributed by atoms with Crippen molar-refractivity contribution in [2.24, 2.45) is 0 Å². The number of anilines is 3. The van der Waals surface area contributed by atoms with Crippen LogP contribution in [0.1, 0.15) is 12.6 Å². The summed E-state index contributed by atoms with van der Waals surface area (Å²) in [4.78, 5) is 16.6. The van der Waals surface area contributed by atoms with Crippen LogP contribution in [0.15, 0.2) is 53.9 Å². The molecule has 0 unspecified atom stereocenters. The molecule has 1 heterocycles. The number of hydrogen-bond acceptors (Lipinski definition) is 5. The number of hydrogen-bond donors (Lipinski definition) is 2. The number of aromatic nitrogens is 1. The van der Waals surface area contributed by atoms with E-state index in [2.05, 4.69) is 15.6 Å². The van der Waals surface area contributed by atoms with E-state index in [1.807, 2.05) is 60.8 Å². The van der Waals surface area contributed by atoms with E-state index >= 15 is 0 Å². The average molecular weight is 388 g/mol. The van der Waals surface area contributed by atoms with Crippen molar-refractivity contribution in [3.05, 3.63) is 64.6 Å². The first kappa shape index (κ1) is 18.2. The minimum absolute atomic E-state index is 0.117. The van der Waals surface area contributed by atoms with E-state index < -0.39 is 0 Å². The molecule has 0 aliphatic heterocycles. The van der Waals surface area contributed by atoms with Crippen molar-refractivity contribution in [3.63, 3.8) is 0 Å². The van der Waals surface area contributed by atoms with Gasteiger partial charge in [-0.25, -0.2) is 4.98 Å². The molecular formula is C19H18ClN3O2S. The van der Waals surface area contributed by atoms with E-state index in [1.54, 1.807) is 0 Å². The van der Waals surface area contributed by atoms with E-state index in [1.165, 1.54) is 11.3 Å². The van der Waals surface area contributed by atoms with Crippen LogP contribution in [0.25, 0.3) is 0 Å². The summed E-state index contributed by atoms with van der Waals surface area (Å²) in [6.45, 7) is 2.54. The Balaban J connectivity index is 1.55. The van der Waals surface area contributed by atoms with Crippen LogP contribution < -0.4 is 15.4 Å². The predicted molar refractivity (Wildman–Crippen MR) is 107 cm³/mol. The predicted octanol–water partition coefficient (Wildman–Crippen LogP) is 5.12. The van der Waals surface area contributed by atoms with Gasteiger partial charge in [0.15, 0.2) is 5.13 Å². The number of benzene rings is 2. The fraction of sp³-hybridized carbons (Fsp3) is 0.158. The van der Waals surface area contributed by atoms with Gasteiger partial charge in [-0.15, -0.1) is 11.3 Å². The Morgan fingerprint density at radius 2 is 2.00 bits per heavy atom. The first-order valence-corrected chi connectivity index (χ1v) is 9.38. The highest BCUT2D eigenvalue weighted by atomic mass is 35.5. The molecule has 0 spiro atoms. The third-order valence-electron chi connectivity index (χ3n) is 3.42. The van der Waals surface area contributed by atoms with Crippen molar-refractivity contribution in [1.82, 2.24) is 4.98 Å². The number of carbonyl (C=O) groups is 1. The van der Waals surface area contributed by atoms with Crippen molar-refractivity contribution in [2.75, 3.05) is 17.2 Å². The van der Waals surface area contributed by atoms with Crippen molar-refractivity contribution >= 4 is 45.4 Å². The van der Waals surface area contributed by atoms with Crippen LogP contribution in [0, 0.1) is 0 Å². The lowest BCUT2D eigenvalue weighted by atomic mass is 10.2. The molecule has 0 bridgehead atoms. The summed E-state index contributed by atoms with van der Waals surface area (Å²) in [7, 11) is 0. The molecule has 0 saturated heterocycles. The highest BCUT2D eigenvalue weighted by molar-refractivity contribution is 7.13. The number of nitrogens with zero attached hydrogens (tertiary/aromatic N) is 1. The molecule has 3 aromatic rings. The molecule has 1 amide bonds. The SMILES string of the molecule is CCOc1ccc(NC(=O)Cc2csc(Nc3cccc(Cl)c3)n2)cc1. The topological polar surface area (TPSA) is 63.2 Å². The number of halogens is 1. The second kappa shape index (κ2) is 8.69. The van der Waals surface area contributed by atoms with E-state index in [-0.39, 0.29) is 12.3 Å². The highest BCUT2D eigenvalue weighted by Crippen LogP contribution is 2.23. The maximum Gasteiger partial charge on any atom is 0.230 e. The number of ether oxygens (including phenoxy) is 1. The lowest BCUT2D eigenvalue weighted by Gasteiger charge is -2.06. The van der Waals surface area contributed by atoms with Gasteiger partial charge in [-0.05, 0) is 49.4 Å². The third-order valence-corrected chi connectivity index (χ3v) is 4.46. The van der Waals surface area contributed by atoms with Crippen LogP contribution in [0.4, 0.5) is 16.5 Å². The zero-order valence-corrected chi connectivity index (χ0v) is 15.7. The van der Waals surface area contributed by atoms with E-state index in [0.717, 1.165) is 22.3 Å². The van der Waals surface area contributed by atoms with Gasteiger partial charge in [0.05, 0.1) is 18.7 Å². The first-order chi connectivity index (χ1) is 12.6. The van der Waals surface area contributed by atoms with Gasteiger partial charge in [-0.3, -0.25) is 4.79 Å². The summed E-state index contributed by atoms with van der Waals surface area (Å²) in [6, 6.07) is 14.7. The normalized spacial score (nSPS) is 10.4. The largest absolute Gasteiger partial charge is 0.494 e. The standard InChI is InChI=1S/C19H18ClN3O2S/c1-2-25-17-8-6-14(7-9-17)21-18(24)11-16-12-26-19(23-16)22-15-5-3-4-13(20)10-15/h3-10,12H,2,11H2,1H3,(H,21,24)(H,22,23). The van der Waals surface area contributed by atoms with E-state index in [4.69, 9.17) is 16.3 Å². The Bertz CT molecular complexity index is 881. The second-order valence-electron chi connectivity index (χ2n) is 5.46. The molecule has 0 aliphatic rings. The van der Waals surface area contributed by atoms with Crippen LogP contribution in [0.5, 0.6) is 5.75 Å². The molecule has 5 nitrogen and oxygen atoms in total. The number of amides is 1. The Hall–Kier alpha value is -2.57. The molecule has 7 heteroatoms. The summed E-state index contributed by atoms with van der Waals surface area (Å²) in [5, 5.41) is 9.28. The van der Waals surface area contributed by atoms with Gasteiger partial charge in [0, 0.05) is 21.8 Å². The molecule has 3 rings (SSSR count). The van der Waals surface area contributed by atoms with E-state index in [9.17, 15) is 4.79 Å². The highest BCUT2D eigenvalue weighted by Gasteiger charge is 2.09. The Kier molecular flexibility index (Phi) is 6.09. The minimum atomic E-state index is -0.117. The van der Waals surface area contributed by atoms with Crippen LogP contribution in [-0.2, 0) is 11.2 Å². The molecule has 0 atom stereocenters. The van der Waals surface area contributed by atoms with Gasteiger partial charge in [-0.2, -0.15) is 0 Å². The summed E-state index contributed by atoms with van der Waals surface area (Å²) in [5.74, 6) is 0.662. The second-order valence-corrected chi connectivity index (χ2v) is 6.76. The average Bonchev–Trinajstić information content (AvgIpc) is 3.03. The van der Waals surface area contributed by atoms with E-state index in [0.29, 0.717) is 17.3 Å². The maximum atomic E-state index is 12.2. The van der Waals surface area contributed by atoms with Crippen LogP contribution in [0.3, 0.4) is 0 Å². The zero-order valence-electron chi connectivity index (χ0n) is 14.2. The number of carbonyl (C=O) groups excluding carboxylic acids is 1. The van der Waals surface area contributed by atoms with Crippen LogP contribution >= 0.6 is 22.9 Å². The molecule has 0 saturated carbocycles. The quantitative estimate of drug-likeness (QED) is 0.590. The number of thiazole rings is 1. The van der Waals surface area contributed by atoms with Crippen molar-refractivity contribution in [3.8, 4) is 5.75 Å². The molecule has 2 aromatic carbocycles. The van der Waals surface area contributed by atoms with Gasteiger partial charge in [0.25, 0.3) is 0 Å². The lowest BCUT2D eigenvalue weighted by Crippen LogP contribution is -2.14. The van der Waals surface area contributed by atoms with Crippen molar-refractivity contribution in [1.29, 1.82) is 0 Å². The molecule has 26 heavy (non-hydrogen) atoms. The minimum Gasteiger partial charge on any atom is -0.494 e. The Morgan fingerprint density at radius 3 is 2.73 bits per heavy atom. The number of rotatable bonds is 7. The molecule has 0 radical (unpaired) electrons. The summed E-state index contributed by atoms with van der Waals surface area (Å²) in [6.07, 6.45) is 0.209. The Labute approximate surface area is 161 Å². The third kappa shape index (κ3) is 5.21. The van der Waals surface area contributed by atoms with Crippen LogP contribution in [-0.4, -0.2) is 17.5 Å². The van der Waals surface area contributed by atoms with Gasteiger partial charge in [-0.1, -0.05) is 17.7 Å². The Morgan fingerprint density at radius 1 is 1.19 bits per heavy atom.